The highest BCUT2D eigenvalue weighted by Crippen LogP contribution is 2.24. The number of hydrogen-bond donors (Lipinski definition) is 1. The number of rotatable bonds is 2. The summed E-state index contributed by atoms with van der Waals surface area (Å²) in [6.07, 6.45) is 0.823. The van der Waals surface area contributed by atoms with Gasteiger partial charge in [0, 0.05) is 19.6 Å². The van der Waals surface area contributed by atoms with Gasteiger partial charge >= 0.3 is 0 Å². The van der Waals surface area contributed by atoms with Gasteiger partial charge in [-0.25, -0.2) is 8.42 Å². The van der Waals surface area contributed by atoms with Gasteiger partial charge in [0.2, 0.25) is 10.0 Å². The van der Waals surface area contributed by atoms with Crippen LogP contribution in [0.15, 0.2) is 29.2 Å². The maximum absolute atomic E-state index is 12.4. The largest absolute Gasteiger partial charge is 0.315 e. The van der Waals surface area contributed by atoms with Crippen LogP contribution in [-0.2, 0) is 10.0 Å². The number of nitrogens with one attached hydrogen (secondary N) is 1. The zero-order valence-corrected chi connectivity index (χ0v) is 12.2. The van der Waals surface area contributed by atoms with Crippen LogP contribution in [-0.4, -0.2) is 38.9 Å². The number of sulfonamides is 1. The summed E-state index contributed by atoms with van der Waals surface area (Å²) in [5, 5.41) is 3.46. The fraction of sp³-hybridized carbons (Fsp3) is 0.455. The van der Waals surface area contributed by atoms with E-state index in [1.807, 2.05) is 0 Å². The summed E-state index contributed by atoms with van der Waals surface area (Å²) in [4.78, 5) is 0.198. The molecule has 1 heterocycles. The van der Waals surface area contributed by atoms with E-state index in [1.165, 1.54) is 4.31 Å². The summed E-state index contributed by atoms with van der Waals surface area (Å²) >= 11 is 5.95. The van der Waals surface area contributed by atoms with Gasteiger partial charge in [0.1, 0.15) is 4.90 Å². The normalized spacial score (nSPS) is 17.8. The molecule has 2 rings (SSSR count). The zero-order valence-electron chi connectivity index (χ0n) is 9.80. The molecule has 1 aliphatic heterocycles. The Labute approximate surface area is 119 Å². The van der Waals surface area contributed by atoms with E-state index in [0.717, 1.165) is 13.0 Å². The summed E-state index contributed by atoms with van der Waals surface area (Å²) in [5.74, 6) is 0. The van der Waals surface area contributed by atoms with E-state index in [4.69, 9.17) is 11.6 Å². The number of benzene rings is 1. The molecule has 1 aromatic rings. The van der Waals surface area contributed by atoms with Crippen molar-refractivity contribution in [1.29, 1.82) is 0 Å². The highest BCUT2D eigenvalue weighted by atomic mass is 35.5. The van der Waals surface area contributed by atoms with Crippen LogP contribution in [0.1, 0.15) is 6.42 Å². The molecule has 1 aliphatic rings. The summed E-state index contributed by atoms with van der Waals surface area (Å²) < 4.78 is 26.2. The molecule has 18 heavy (non-hydrogen) atoms. The number of hydrogen-bond acceptors (Lipinski definition) is 3. The molecule has 1 N–H and O–H groups in total. The average molecular weight is 311 g/mol. The van der Waals surface area contributed by atoms with Crippen LogP contribution in [0.25, 0.3) is 0 Å². The first-order chi connectivity index (χ1) is 8.12. The fourth-order valence-electron chi connectivity index (χ4n) is 1.85. The van der Waals surface area contributed by atoms with Crippen molar-refractivity contribution in [3.8, 4) is 0 Å². The van der Waals surface area contributed by atoms with Gasteiger partial charge in [-0.3, -0.25) is 0 Å². The standard InChI is InChI=1S/C11H15ClN2O2S.ClH/c12-10-4-1-2-5-11(10)17(15,16)14-8-3-6-13-7-9-14;/h1-2,4-5,13H,3,6-9H2;1H. The van der Waals surface area contributed by atoms with Crippen molar-refractivity contribution >= 4 is 34.0 Å². The van der Waals surface area contributed by atoms with E-state index in [-0.39, 0.29) is 22.3 Å². The quantitative estimate of drug-likeness (QED) is 0.905. The van der Waals surface area contributed by atoms with Crippen molar-refractivity contribution in [2.75, 3.05) is 26.2 Å². The molecular formula is C11H16Cl2N2O2S. The van der Waals surface area contributed by atoms with Gasteiger partial charge < -0.3 is 5.32 Å². The lowest BCUT2D eigenvalue weighted by atomic mass is 10.4. The Balaban J connectivity index is 0.00000162. The van der Waals surface area contributed by atoms with Gasteiger partial charge in [0.05, 0.1) is 5.02 Å². The van der Waals surface area contributed by atoms with Gasteiger partial charge in [-0.05, 0) is 25.1 Å². The average Bonchev–Trinajstić information content (AvgIpc) is 2.58. The molecule has 0 bridgehead atoms. The Morgan fingerprint density at radius 1 is 1.17 bits per heavy atom. The second-order valence-electron chi connectivity index (χ2n) is 3.94. The monoisotopic (exact) mass is 310 g/mol. The van der Waals surface area contributed by atoms with E-state index in [9.17, 15) is 8.42 Å². The van der Waals surface area contributed by atoms with Crippen LogP contribution in [0.3, 0.4) is 0 Å². The molecule has 102 valence electrons. The molecule has 0 aromatic heterocycles. The van der Waals surface area contributed by atoms with E-state index in [0.29, 0.717) is 19.6 Å². The van der Waals surface area contributed by atoms with E-state index >= 15 is 0 Å². The van der Waals surface area contributed by atoms with Crippen LogP contribution in [0.4, 0.5) is 0 Å². The molecule has 0 aliphatic carbocycles. The molecule has 1 fully saturated rings. The molecule has 0 saturated carbocycles. The predicted octanol–water partition coefficient (Wildman–Crippen LogP) is 1.75. The van der Waals surface area contributed by atoms with Gasteiger partial charge in [0.15, 0.2) is 0 Å². The van der Waals surface area contributed by atoms with Crippen LogP contribution >= 0.6 is 24.0 Å². The summed E-state index contributed by atoms with van der Waals surface area (Å²) in [6, 6.07) is 6.57. The predicted molar refractivity (Wildman–Crippen MR) is 74.9 cm³/mol. The lowest BCUT2D eigenvalue weighted by molar-refractivity contribution is 0.432. The maximum atomic E-state index is 12.4. The second-order valence-corrected chi connectivity index (χ2v) is 6.25. The topological polar surface area (TPSA) is 49.4 Å². The third-order valence-electron chi connectivity index (χ3n) is 2.75. The van der Waals surface area contributed by atoms with Crippen molar-refractivity contribution < 1.29 is 8.42 Å². The number of nitrogens with zero attached hydrogens (tertiary/aromatic N) is 1. The van der Waals surface area contributed by atoms with Gasteiger partial charge in [-0.15, -0.1) is 12.4 Å². The SMILES string of the molecule is Cl.O=S(=O)(c1ccccc1Cl)N1CCCNCC1. The van der Waals surface area contributed by atoms with Crippen molar-refractivity contribution in [3.05, 3.63) is 29.3 Å². The lowest BCUT2D eigenvalue weighted by Crippen LogP contribution is -2.34. The van der Waals surface area contributed by atoms with Crippen molar-refractivity contribution in [1.82, 2.24) is 9.62 Å². The first kappa shape index (κ1) is 15.7. The minimum absolute atomic E-state index is 0. The van der Waals surface area contributed by atoms with Crippen LogP contribution in [0, 0.1) is 0 Å². The first-order valence-electron chi connectivity index (χ1n) is 5.58. The molecule has 0 amide bonds. The van der Waals surface area contributed by atoms with Crippen molar-refractivity contribution in [2.45, 2.75) is 11.3 Å². The Kier molecular flexibility index (Phi) is 5.88. The second kappa shape index (κ2) is 6.73. The molecular weight excluding hydrogens is 295 g/mol. The fourth-order valence-corrected chi connectivity index (χ4v) is 3.83. The minimum Gasteiger partial charge on any atom is -0.315 e. The van der Waals surface area contributed by atoms with Gasteiger partial charge in [-0.1, -0.05) is 23.7 Å². The highest BCUT2D eigenvalue weighted by molar-refractivity contribution is 7.89. The molecule has 7 heteroatoms. The van der Waals surface area contributed by atoms with E-state index in [2.05, 4.69) is 5.32 Å². The first-order valence-corrected chi connectivity index (χ1v) is 7.39. The van der Waals surface area contributed by atoms with Gasteiger partial charge in [-0.2, -0.15) is 4.31 Å². The zero-order chi connectivity index (χ0) is 12.3. The Hall–Kier alpha value is -0.330. The smallest absolute Gasteiger partial charge is 0.244 e. The molecule has 0 radical (unpaired) electrons. The lowest BCUT2D eigenvalue weighted by Gasteiger charge is -2.20. The summed E-state index contributed by atoms with van der Waals surface area (Å²) in [5.41, 5.74) is 0. The number of halogens is 2. The maximum Gasteiger partial charge on any atom is 0.244 e. The molecule has 0 unspecified atom stereocenters. The molecule has 0 atom stereocenters. The molecule has 1 saturated heterocycles. The molecule has 4 nitrogen and oxygen atoms in total. The van der Waals surface area contributed by atoms with Crippen molar-refractivity contribution in [3.63, 3.8) is 0 Å². The van der Waals surface area contributed by atoms with Crippen LogP contribution in [0.2, 0.25) is 5.02 Å². The summed E-state index contributed by atoms with van der Waals surface area (Å²) in [6.45, 7) is 2.58. The van der Waals surface area contributed by atoms with Crippen molar-refractivity contribution in [2.24, 2.45) is 0 Å². The third-order valence-corrected chi connectivity index (χ3v) is 5.15. The highest BCUT2D eigenvalue weighted by Gasteiger charge is 2.26. The minimum atomic E-state index is -3.45. The van der Waals surface area contributed by atoms with Gasteiger partial charge in [0.25, 0.3) is 0 Å². The van der Waals surface area contributed by atoms with Crippen LogP contribution in [0.5, 0.6) is 0 Å². The Bertz CT molecular complexity index is 486. The molecule has 1 aromatic carbocycles. The van der Waals surface area contributed by atoms with E-state index in [1.54, 1.807) is 24.3 Å². The van der Waals surface area contributed by atoms with E-state index < -0.39 is 10.0 Å². The van der Waals surface area contributed by atoms with Crippen LogP contribution < -0.4 is 5.32 Å². The Morgan fingerprint density at radius 2 is 1.89 bits per heavy atom. The molecule has 0 spiro atoms. The Morgan fingerprint density at radius 3 is 2.61 bits per heavy atom. The third kappa shape index (κ3) is 3.36. The summed E-state index contributed by atoms with van der Waals surface area (Å²) in [7, 11) is -3.45.